The normalized spacial score (nSPS) is 18.1. The number of halogens is 1. The number of piperidine rings is 1. The molecule has 0 saturated carbocycles. The number of hydrazine groups is 1. The van der Waals surface area contributed by atoms with E-state index in [1.807, 2.05) is 29.2 Å². The number of methoxy groups -OCH3 is 1. The fourth-order valence-corrected chi connectivity index (χ4v) is 3.28. The van der Waals surface area contributed by atoms with Gasteiger partial charge in [0.15, 0.2) is 0 Å². The third kappa shape index (κ3) is 5.11. The van der Waals surface area contributed by atoms with Gasteiger partial charge in [-0.05, 0) is 18.6 Å². The molecule has 0 aliphatic carbocycles. The van der Waals surface area contributed by atoms with Crippen LogP contribution in [0, 0.1) is 0 Å². The maximum atomic E-state index is 12.2. The van der Waals surface area contributed by atoms with Crippen LogP contribution in [-0.2, 0) is 14.4 Å². The molecule has 2 saturated heterocycles. The van der Waals surface area contributed by atoms with Crippen LogP contribution in [0.2, 0.25) is 0 Å². The molecule has 0 spiro atoms. The second-order valence-corrected chi connectivity index (χ2v) is 6.45. The van der Waals surface area contributed by atoms with Crippen molar-refractivity contribution >= 4 is 35.8 Å². The van der Waals surface area contributed by atoms with Crippen molar-refractivity contribution in [2.75, 3.05) is 44.7 Å². The molecule has 0 unspecified atom stereocenters. The summed E-state index contributed by atoms with van der Waals surface area (Å²) in [6.07, 6.45) is 1.14. The molecule has 1 N–H and O–H groups in total. The van der Waals surface area contributed by atoms with E-state index in [4.69, 9.17) is 4.74 Å². The number of imide groups is 1. The van der Waals surface area contributed by atoms with E-state index in [9.17, 15) is 14.4 Å². The maximum Gasteiger partial charge on any atom is 0.253 e. The van der Waals surface area contributed by atoms with Crippen molar-refractivity contribution in [2.45, 2.75) is 19.3 Å². The fourth-order valence-electron chi connectivity index (χ4n) is 3.28. The molecule has 2 aliphatic rings. The molecule has 8 nitrogen and oxygen atoms in total. The lowest BCUT2D eigenvalue weighted by Crippen LogP contribution is -2.55. The number of ether oxygens (including phenoxy) is 1. The van der Waals surface area contributed by atoms with Crippen LogP contribution in [-0.4, -0.2) is 67.5 Å². The van der Waals surface area contributed by atoms with E-state index in [1.54, 1.807) is 7.11 Å². The first-order chi connectivity index (χ1) is 12.6. The van der Waals surface area contributed by atoms with Crippen molar-refractivity contribution in [1.82, 2.24) is 15.3 Å². The van der Waals surface area contributed by atoms with Crippen molar-refractivity contribution in [3.63, 3.8) is 0 Å². The smallest absolute Gasteiger partial charge is 0.253 e. The molecule has 3 amide bonds. The van der Waals surface area contributed by atoms with Gasteiger partial charge in [0.25, 0.3) is 5.91 Å². The lowest BCUT2D eigenvalue weighted by molar-refractivity contribution is -0.156. The molecule has 3 rings (SSSR count). The molecule has 0 radical (unpaired) electrons. The average molecular weight is 397 g/mol. The Morgan fingerprint density at radius 1 is 1.07 bits per heavy atom. The lowest BCUT2D eigenvalue weighted by Gasteiger charge is -2.36. The summed E-state index contributed by atoms with van der Waals surface area (Å²) in [6, 6.07) is 7.87. The number of benzene rings is 1. The standard InChI is InChI=1S/C18H24N4O4.ClH/c1-26-15-6-3-2-5-14(15)21-11-9-20(10-12-21)13-16(23)19-22-17(24)7-4-8-18(22)25;/h2-3,5-6H,4,7-13H2,1H3,(H,19,23);1H. The number of hydrogen-bond acceptors (Lipinski definition) is 6. The second-order valence-electron chi connectivity index (χ2n) is 6.45. The quantitative estimate of drug-likeness (QED) is 0.742. The summed E-state index contributed by atoms with van der Waals surface area (Å²) in [4.78, 5) is 39.9. The lowest BCUT2D eigenvalue weighted by atomic mass is 10.1. The molecule has 2 aliphatic heterocycles. The van der Waals surface area contributed by atoms with Gasteiger partial charge in [-0.2, -0.15) is 5.01 Å². The Morgan fingerprint density at radius 3 is 2.33 bits per heavy atom. The van der Waals surface area contributed by atoms with Crippen molar-refractivity contribution in [3.8, 4) is 5.75 Å². The molecule has 0 aromatic heterocycles. The van der Waals surface area contributed by atoms with E-state index < -0.39 is 0 Å². The van der Waals surface area contributed by atoms with Gasteiger partial charge in [-0.3, -0.25) is 24.7 Å². The molecule has 148 valence electrons. The summed E-state index contributed by atoms with van der Waals surface area (Å²) in [5.41, 5.74) is 3.49. The van der Waals surface area contributed by atoms with E-state index in [1.165, 1.54) is 0 Å². The average Bonchev–Trinajstić information content (AvgIpc) is 2.65. The van der Waals surface area contributed by atoms with Crippen molar-refractivity contribution in [2.24, 2.45) is 0 Å². The summed E-state index contributed by atoms with van der Waals surface area (Å²) in [7, 11) is 1.66. The first-order valence-corrected chi connectivity index (χ1v) is 8.84. The van der Waals surface area contributed by atoms with Gasteiger partial charge in [0.1, 0.15) is 5.75 Å². The maximum absolute atomic E-state index is 12.2. The number of carbonyl (C=O) groups is 3. The van der Waals surface area contributed by atoms with Gasteiger partial charge in [-0.15, -0.1) is 12.4 Å². The predicted molar refractivity (Wildman–Crippen MR) is 103 cm³/mol. The Labute approximate surface area is 164 Å². The molecular weight excluding hydrogens is 372 g/mol. The van der Waals surface area contributed by atoms with Gasteiger partial charge in [0.05, 0.1) is 19.3 Å². The third-order valence-corrected chi connectivity index (χ3v) is 4.68. The zero-order valence-corrected chi connectivity index (χ0v) is 16.2. The van der Waals surface area contributed by atoms with Crippen LogP contribution in [0.5, 0.6) is 5.75 Å². The van der Waals surface area contributed by atoms with Crippen LogP contribution in [0.1, 0.15) is 19.3 Å². The summed E-state index contributed by atoms with van der Waals surface area (Å²) >= 11 is 0. The molecule has 27 heavy (non-hydrogen) atoms. The molecular formula is C18H25ClN4O4. The Balaban J connectivity index is 0.00000261. The highest BCUT2D eigenvalue weighted by Gasteiger charge is 2.28. The van der Waals surface area contributed by atoms with Gasteiger partial charge < -0.3 is 9.64 Å². The zero-order chi connectivity index (χ0) is 18.5. The Bertz CT molecular complexity index is 676. The third-order valence-electron chi connectivity index (χ3n) is 4.68. The number of carbonyl (C=O) groups excluding carboxylic acids is 3. The fraction of sp³-hybridized carbons (Fsp3) is 0.500. The second kappa shape index (κ2) is 9.57. The number of hydrogen-bond donors (Lipinski definition) is 1. The molecule has 1 aromatic carbocycles. The molecule has 2 heterocycles. The Hall–Kier alpha value is -2.32. The molecule has 2 fully saturated rings. The van der Waals surface area contributed by atoms with Crippen molar-refractivity contribution < 1.29 is 19.1 Å². The van der Waals surface area contributed by atoms with Crippen LogP contribution in [0.15, 0.2) is 24.3 Å². The predicted octanol–water partition coefficient (Wildman–Crippen LogP) is 0.809. The van der Waals surface area contributed by atoms with E-state index in [-0.39, 0.29) is 36.7 Å². The van der Waals surface area contributed by atoms with E-state index >= 15 is 0 Å². The molecule has 9 heteroatoms. The molecule has 0 bridgehead atoms. The topological polar surface area (TPSA) is 82.2 Å². The van der Waals surface area contributed by atoms with Crippen LogP contribution < -0.4 is 15.1 Å². The first-order valence-electron chi connectivity index (χ1n) is 8.84. The zero-order valence-electron chi connectivity index (χ0n) is 15.3. The minimum Gasteiger partial charge on any atom is -0.495 e. The number of rotatable bonds is 5. The van der Waals surface area contributed by atoms with Crippen LogP contribution >= 0.6 is 12.4 Å². The first kappa shape index (κ1) is 21.0. The molecule has 1 aromatic rings. The number of amides is 3. The Kier molecular flexibility index (Phi) is 7.44. The Morgan fingerprint density at radius 2 is 1.70 bits per heavy atom. The van der Waals surface area contributed by atoms with Crippen LogP contribution in [0.3, 0.4) is 0 Å². The van der Waals surface area contributed by atoms with Crippen LogP contribution in [0.25, 0.3) is 0 Å². The minimum atomic E-state index is -0.337. The minimum absolute atomic E-state index is 0. The number of piperazine rings is 1. The summed E-state index contributed by atoms with van der Waals surface area (Å²) < 4.78 is 5.41. The van der Waals surface area contributed by atoms with E-state index in [2.05, 4.69) is 10.3 Å². The largest absolute Gasteiger partial charge is 0.495 e. The number of nitrogens with one attached hydrogen (secondary N) is 1. The highest BCUT2D eigenvalue weighted by atomic mass is 35.5. The van der Waals surface area contributed by atoms with E-state index in [0.29, 0.717) is 32.4 Å². The number of anilines is 1. The van der Waals surface area contributed by atoms with Gasteiger partial charge in [-0.1, -0.05) is 12.1 Å². The van der Waals surface area contributed by atoms with Crippen LogP contribution in [0.4, 0.5) is 5.69 Å². The number of nitrogens with zero attached hydrogens (tertiary/aromatic N) is 3. The van der Waals surface area contributed by atoms with Gasteiger partial charge in [0.2, 0.25) is 11.8 Å². The highest BCUT2D eigenvalue weighted by Crippen LogP contribution is 2.28. The van der Waals surface area contributed by atoms with Crippen molar-refractivity contribution in [3.05, 3.63) is 24.3 Å². The SMILES string of the molecule is COc1ccccc1N1CCN(CC(=O)NN2C(=O)CCCC2=O)CC1.Cl. The van der Waals surface area contributed by atoms with Gasteiger partial charge in [-0.25, -0.2) is 0 Å². The van der Waals surface area contributed by atoms with Crippen molar-refractivity contribution in [1.29, 1.82) is 0 Å². The highest BCUT2D eigenvalue weighted by molar-refractivity contribution is 5.99. The van der Waals surface area contributed by atoms with E-state index in [0.717, 1.165) is 29.5 Å². The monoisotopic (exact) mass is 396 g/mol. The molecule has 0 atom stereocenters. The number of para-hydroxylation sites is 2. The summed E-state index contributed by atoms with van der Waals surface area (Å²) in [6.45, 7) is 3.14. The van der Waals surface area contributed by atoms with Gasteiger partial charge >= 0.3 is 0 Å². The summed E-state index contributed by atoms with van der Waals surface area (Å²) in [5, 5.41) is 0.872. The summed E-state index contributed by atoms with van der Waals surface area (Å²) in [5.74, 6) is -0.175. The van der Waals surface area contributed by atoms with Gasteiger partial charge in [0, 0.05) is 39.0 Å².